The fourth-order valence-corrected chi connectivity index (χ4v) is 4.58. The molecule has 138 valence electrons. The van der Waals surface area contributed by atoms with Crippen molar-refractivity contribution in [1.82, 2.24) is 19.7 Å². The molecule has 0 saturated carbocycles. The Morgan fingerprint density at radius 2 is 2.04 bits per heavy atom. The van der Waals surface area contributed by atoms with Gasteiger partial charge in [-0.2, -0.15) is 0 Å². The van der Waals surface area contributed by atoms with E-state index < -0.39 is 0 Å². The summed E-state index contributed by atoms with van der Waals surface area (Å²) in [7, 11) is 4.29. The van der Waals surface area contributed by atoms with Gasteiger partial charge in [-0.3, -0.25) is 4.90 Å². The molecule has 1 aromatic heterocycles. The monoisotopic (exact) mass is 352 g/mol. The molecule has 0 spiro atoms. The molecule has 1 aliphatic carbocycles. The molecule has 2 aromatic rings. The molecule has 4 rings (SSSR count). The van der Waals surface area contributed by atoms with E-state index in [9.17, 15) is 4.79 Å². The Morgan fingerprint density at radius 3 is 2.77 bits per heavy atom. The van der Waals surface area contributed by atoms with Crippen LogP contribution in [0.3, 0.4) is 0 Å². The Hall–Kier alpha value is -2.27. The molecule has 26 heavy (non-hydrogen) atoms. The second-order valence-corrected chi connectivity index (χ2v) is 7.47. The van der Waals surface area contributed by atoms with Gasteiger partial charge in [0.05, 0.1) is 6.04 Å². The molecule has 0 bridgehead atoms. The number of likely N-dealkylation sites (N-methyl/N-ethyl adjacent to an activating group) is 1. The van der Waals surface area contributed by atoms with Gasteiger partial charge in [0, 0.05) is 49.8 Å². The second-order valence-electron chi connectivity index (χ2n) is 7.47. The van der Waals surface area contributed by atoms with Crippen molar-refractivity contribution >= 4 is 22.5 Å². The average molecular weight is 352 g/mol. The van der Waals surface area contributed by atoms with E-state index in [1.807, 2.05) is 18.7 Å². The van der Waals surface area contributed by atoms with E-state index in [-0.39, 0.29) is 12.1 Å². The number of urea groups is 1. The van der Waals surface area contributed by atoms with Gasteiger partial charge in [0.1, 0.15) is 0 Å². The van der Waals surface area contributed by atoms with Gasteiger partial charge >= 0.3 is 6.03 Å². The maximum Gasteiger partial charge on any atom is 0.317 e. The Labute approximate surface area is 155 Å². The van der Waals surface area contributed by atoms with Crippen LogP contribution in [-0.4, -0.2) is 59.2 Å². The van der Waals surface area contributed by atoms with Crippen molar-refractivity contribution in [2.24, 2.45) is 7.05 Å². The molecule has 5 heteroatoms. The predicted molar refractivity (Wildman–Crippen MR) is 106 cm³/mol. The number of benzene rings is 1. The minimum absolute atomic E-state index is 0.0260. The summed E-state index contributed by atoms with van der Waals surface area (Å²) in [5.74, 6) is 0. The van der Waals surface area contributed by atoms with Crippen LogP contribution in [0.4, 0.5) is 4.79 Å². The highest BCUT2D eigenvalue weighted by Gasteiger charge is 2.34. The lowest BCUT2D eigenvalue weighted by Crippen LogP contribution is -2.52. The van der Waals surface area contributed by atoms with E-state index in [1.54, 1.807) is 0 Å². The molecule has 1 aliphatic heterocycles. The number of nitrogens with zero attached hydrogens (tertiary/aromatic N) is 3. The quantitative estimate of drug-likeness (QED) is 0.923. The van der Waals surface area contributed by atoms with Crippen molar-refractivity contribution in [3.05, 3.63) is 41.6 Å². The number of hydrogen-bond acceptors (Lipinski definition) is 2. The molecule has 1 aromatic carbocycles. The Bertz CT molecular complexity index is 878. The highest BCUT2D eigenvalue weighted by Crippen LogP contribution is 2.40. The van der Waals surface area contributed by atoms with Gasteiger partial charge in [0.15, 0.2) is 0 Å². The van der Waals surface area contributed by atoms with Gasteiger partial charge in [-0.1, -0.05) is 18.2 Å². The molecule has 2 atom stereocenters. The summed E-state index contributed by atoms with van der Waals surface area (Å²) in [6, 6.07) is 7.01. The van der Waals surface area contributed by atoms with E-state index in [0.29, 0.717) is 6.04 Å². The SMILES string of the molecule is CCN(CC)C(=O)N[C@H]1C=C2c3cccc4c3c(cn4C)C[C@H]2N(C)C1. The first kappa shape index (κ1) is 17.2. The van der Waals surface area contributed by atoms with Crippen LogP contribution in [0, 0.1) is 0 Å². The van der Waals surface area contributed by atoms with E-state index >= 15 is 0 Å². The fraction of sp³-hybridized carbons (Fsp3) is 0.476. The zero-order chi connectivity index (χ0) is 18.4. The third kappa shape index (κ3) is 2.62. The Balaban J connectivity index is 1.72. The number of carbonyl (C=O) groups is 1. The molecule has 0 unspecified atom stereocenters. The fourth-order valence-electron chi connectivity index (χ4n) is 4.58. The Morgan fingerprint density at radius 1 is 1.27 bits per heavy atom. The summed E-state index contributed by atoms with van der Waals surface area (Å²) < 4.78 is 2.23. The summed E-state index contributed by atoms with van der Waals surface area (Å²) in [5.41, 5.74) is 5.39. The number of nitrogens with one attached hydrogen (secondary N) is 1. The van der Waals surface area contributed by atoms with Gasteiger partial charge in [0.2, 0.25) is 0 Å². The topological polar surface area (TPSA) is 40.5 Å². The first-order valence-electron chi connectivity index (χ1n) is 9.58. The van der Waals surface area contributed by atoms with Crippen LogP contribution in [0.1, 0.15) is 25.0 Å². The summed E-state index contributed by atoms with van der Waals surface area (Å²) in [5, 5.41) is 4.59. The van der Waals surface area contributed by atoms with Crippen LogP contribution in [0.25, 0.3) is 16.5 Å². The smallest absolute Gasteiger partial charge is 0.317 e. The lowest BCUT2D eigenvalue weighted by molar-refractivity contribution is 0.193. The molecule has 2 aliphatic rings. The van der Waals surface area contributed by atoms with Crippen LogP contribution in [0.15, 0.2) is 30.5 Å². The summed E-state index contributed by atoms with van der Waals surface area (Å²) in [6.45, 7) is 6.35. The van der Waals surface area contributed by atoms with E-state index in [2.05, 4.69) is 59.4 Å². The van der Waals surface area contributed by atoms with Crippen LogP contribution in [0.5, 0.6) is 0 Å². The van der Waals surface area contributed by atoms with Crippen LogP contribution in [0.2, 0.25) is 0 Å². The zero-order valence-electron chi connectivity index (χ0n) is 16.1. The van der Waals surface area contributed by atoms with Gasteiger partial charge in [-0.25, -0.2) is 4.79 Å². The normalized spacial score (nSPS) is 22.1. The standard InChI is InChI=1S/C21H28N4O/c1-5-25(6-2)21(26)22-15-11-17-16-8-7-9-18-20(16)14(12-23(18)3)10-19(17)24(4)13-15/h7-9,11-12,15,19H,5-6,10,13H2,1-4H3,(H,22,26)/t15-,19+/m0/s1. The van der Waals surface area contributed by atoms with Crippen molar-refractivity contribution in [3.63, 3.8) is 0 Å². The minimum Gasteiger partial charge on any atom is -0.350 e. The highest BCUT2D eigenvalue weighted by atomic mass is 16.2. The van der Waals surface area contributed by atoms with Gasteiger partial charge in [0.25, 0.3) is 0 Å². The largest absolute Gasteiger partial charge is 0.350 e. The summed E-state index contributed by atoms with van der Waals surface area (Å²) in [6.07, 6.45) is 5.59. The van der Waals surface area contributed by atoms with Gasteiger partial charge in [-0.05, 0) is 50.1 Å². The van der Waals surface area contributed by atoms with Crippen molar-refractivity contribution in [3.8, 4) is 0 Å². The number of rotatable bonds is 3. The maximum absolute atomic E-state index is 12.5. The number of aromatic nitrogens is 1. The number of fused-ring (bicyclic) bond motifs is 2. The van der Waals surface area contributed by atoms with E-state index in [4.69, 9.17) is 0 Å². The highest BCUT2D eigenvalue weighted by molar-refractivity contribution is 5.98. The third-order valence-electron chi connectivity index (χ3n) is 5.93. The van der Waals surface area contributed by atoms with E-state index in [0.717, 1.165) is 26.1 Å². The molecule has 2 amide bonds. The molecular formula is C21H28N4O. The first-order chi connectivity index (χ1) is 12.5. The van der Waals surface area contributed by atoms with E-state index in [1.165, 1.54) is 27.6 Å². The second kappa shape index (κ2) is 6.47. The van der Waals surface area contributed by atoms with Crippen LogP contribution >= 0.6 is 0 Å². The third-order valence-corrected chi connectivity index (χ3v) is 5.93. The number of amides is 2. The van der Waals surface area contributed by atoms with Crippen molar-refractivity contribution in [1.29, 1.82) is 0 Å². The zero-order valence-corrected chi connectivity index (χ0v) is 16.1. The first-order valence-corrected chi connectivity index (χ1v) is 9.58. The van der Waals surface area contributed by atoms with Crippen molar-refractivity contribution < 1.29 is 4.79 Å². The molecule has 0 fully saturated rings. The van der Waals surface area contributed by atoms with Crippen molar-refractivity contribution in [2.45, 2.75) is 32.4 Å². The molecule has 2 heterocycles. The molecule has 0 radical (unpaired) electrons. The average Bonchev–Trinajstić information content (AvgIpc) is 2.94. The molecule has 5 nitrogen and oxygen atoms in total. The molecule has 0 saturated heterocycles. The summed E-state index contributed by atoms with van der Waals surface area (Å²) in [4.78, 5) is 16.7. The number of carbonyl (C=O) groups excluding carboxylic acids is 1. The molecule has 1 N–H and O–H groups in total. The molecular weight excluding hydrogens is 324 g/mol. The lowest BCUT2D eigenvalue weighted by atomic mass is 9.81. The van der Waals surface area contributed by atoms with Gasteiger partial charge < -0.3 is 14.8 Å². The van der Waals surface area contributed by atoms with Gasteiger partial charge in [-0.15, -0.1) is 0 Å². The van der Waals surface area contributed by atoms with Crippen LogP contribution in [-0.2, 0) is 13.5 Å². The number of aryl methyl sites for hydroxylation is 1. The Kier molecular flexibility index (Phi) is 4.27. The van der Waals surface area contributed by atoms with Crippen LogP contribution < -0.4 is 5.32 Å². The van der Waals surface area contributed by atoms with Crippen molar-refractivity contribution in [2.75, 3.05) is 26.7 Å². The lowest BCUT2D eigenvalue weighted by Gasteiger charge is -2.40. The summed E-state index contributed by atoms with van der Waals surface area (Å²) >= 11 is 0. The maximum atomic E-state index is 12.5. The predicted octanol–water partition coefficient (Wildman–Crippen LogP) is 2.85. The minimum atomic E-state index is 0.0260. The number of hydrogen-bond donors (Lipinski definition) is 1.